The largest absolute Gasteiger partial charge is 0.493 e. The number of Topliss-reactive ketones (excluding diaryl/α,β-unsaturated/α-hetero) is 1. The molecule has 0 unspecified atom stereocenters. The average molecular weight is 439 g/mol. The van der Waals surface area contributed by atoms with Crippen LogP contribution < -0.4 is 24.3 Å². The summed E-state index contributed by atoms with van der Waals surface area (Å²) in [6.07, 6.45) is 2.96. The van der Waals surface area contributed by atoms with Gasteiger partial charge in [0.05, 0.1) is 18.8 Å². The Kier molecular flexibility index (Phi) is 7.03. The normalized spacial score (nSPS) is 14.2. The Morgan fingerprint density at radius 3 is 2.75 bits per heavy atom. The van der Waals surface area contributed by atoms with Crippen molar-refractivity contribution < 1.29 is 33.3 Å². The van der Waals surface area contributed by atoms with Crippen molar-refractivity contribution >= 4 is 11.6 Å². The van der Waals surface area contributed by atoms with Gasteiger partial charge in [-0.1, -0.05) is 6.07 Å². The lowest BCUT2D eigenvalue weighted by Gasteiger charge is -2.18. The number of unbranched alkanes of at least 4 members (excludes halogenated alkanes) is 1. The van der Waals surface area contributed by atoms with Crippen molar-refractivity contribution in [1.82, 2.24) is 5.32 Å². The van der Waals surface area contributed by atoms with Crippen LogP contribution in [0.15, 0.2) is 48.2 Å². The van der Waals surface area contributed by atoms with Crippen LogP contribution >= 0.6 is 0 Å². The van der Waals surface area contributed by atoms with Gasteiger partial charge < -0.3 is 29.0 Å². The van der Waals surface area contributed by atoms with Crippen LogP contribution in [0.5, 0.6) is 23.0 Å². The van der Waals surface area contributed by atoms with Crippen LogP contribution in [0.3, 0.4) is 0 Å². The molecule has 168 valence electrons. The molecule has 2 aromatic carbocycles. The zero-order valence-electron chi connectivity index (χ0n) is 17.8. The maximum Gasteiger partial charge on any atom is 0.231 e. The third kappa shape index (κ3) is 4.92. The molecule has 0 fully saturated rings. The fourth-order valence-electron chi connectivity index (χ4n) is 3.46. The zero-order valence-corrected chi connectivity index (χ0v) is 17.8. The minimum Gasteiger partial charge on any atom is -0.493 e. The van der Waals surface area contributed by atoms with Crippen LogP contribution in [0, 0.1) is 0 Å². The predicted octanol–water partition coefficient (Wildman–Crippen LogP) is 3.15. The van der Waals surface area contributed by atoms with Crippen molar-refractivity contribution in [3.8, 4) is 23.0 Å². The van der Waals surface area contributed by atoms with Crippen molar-refractivity contribution in [2.24, 2.45) is 0 Å². The number of hydrogen-bond donors (Lipinski definition) is 1. The molecule has 8 heteroatoms. The minimum absolute atomic E-state index is 0.0411. The number of fused-ring (bicyclic) bond motifs is 2. The molecule has 0 atom stereocenters. The highest BCUT2D eigenvalue weighted by atomic mass is 16.7. The molecule has 0 amide bonds. The maximum absolute atomic E-state index is 13.0. The number of carbonyl (C=O) groups excluding carboxylic acids is 2. The van der Waals surface area contributed by atoms with E-state index in [0.717, 1.165) is 25.9 Å². The summed E-state index contributed by atoms with van der Waals surface area (Å²) in [7, 11) is 1.67. The molecule has 0 radical (unpaired) electrons. The van der Waals surface area contributed by atoms with Gasteiger partial charge in [0, 0.05) is 31.4 Å². The lowest BCUT2D eigenvalue weighted by Crippen LogP contribution is -2.22. The summed E-state index contributed by atoms with van der Waals surface area (Å²) in [4.78, 5) is 25.8. The zero-order chi connectivity index (χ0) is 22.3. The maximum atomic E-state index is 13.0. The van der Waals surface area contributed by atoms with E-state index in [0.29, 0.717) is 36.2 Å². The Morgan fingerprint density at radius 2 is 1.88 bits per heavy atom. The summed E-state index contributed by atoms with van der Waals surface area (Å²) in [6, 6.07) is 10.00. The number of hydrogen-bond acceptors (Lipinski definition) is 8. The second-order valence-electron chi connectivity index (χ2n) is 7.30. The molecule has 1 heterocycles. The number of nitrogens with one attached hydrogen (secondary N) is 1. The molecule has 2 aliphatic rings. The lowest BCUT2D eigenvalue weighted by atomic mass is 9.92. The Balaban J connectivity index is 1.38. The second-order valence-corrected chi connectivity index (χ2v) is 7.30. The molecular weight excluding hydrogens is 414 g/mol. The van der Waals surface area contributed by atoms with Crippen molar-refractivity contribution in [3.05, 3.63) is 59.4 Å². The quantitative estimate of drug-likeness (QED) is 0.534. The number of methoxy groups -OCH3 is 1. The summed E-state index contributed by atoms with van der Waals surface area (Å²) in [5, 5.41) is 3.27. The summed E-state index contributed by atoms with van der Waals surface area (Å²) < 4.78 is 27.1. The number of carbonyl (C=O) groups is 2. The van der Waals surface area contributed by atoms with E-state index in [1.165, 1.54) is 6.08 Å². The van der Waals surface area contributed by atoms with Crippen molar-refractivity contribution in [3.63, 3.8) is 0 Å². The Bertz CT molecular complexity index is 1030. The SMILES string of the molecule is COCCNCCCCOc1cccc2c1C(=O)C=C(Oc1ccc3c(c1)OCO3)C2=O. The highest BCUT2D eigenvalue weighted by molar-refractivity contribution is 6.24. The number of benzene rings is 2. The Morgan fingerprint density at radius 1 is 1.00 bits per heavy atom. The second kappa shape index (κ2) is 10.3. The molecule has 0 bridgehead atoms. The number of ketones is 2. The molecule has 8 nitrogen and oxygen atoms in total. The van der Waals surface area contributed by atoms with Crippen LogP contribution in [0.4, 0.5) is 0 Å². The standard InChI is InChI=1S/C24H25NO7/c1-28-12-10-25-9-2-3-11-29-20-6-4-5-17-23(20)18(26)14-22(24(17)27)32-16-7-8-19-21(13-16)31-15-30-19/h4-8,13-14,25H,2-3,9-12,15H2,1H3. The molecule has 0 saturated carbocycles. The Hall–Kier alpha value is -3.36. The van der Waals surface area contributed by atoms with Crippen molar-refractivity contribution in [2.75, 3.05) is 40.2 Å². The molecule has 1 N–H and O–H groups in total. The van der Waals surface area contributed by atoms with Gasteiger partial charge in [-0.15, -0.1) is 0 Å². The molecular formula is C24H25NO7. The summed E-state index contributed by atoms with van der Waals surface area (Å²) in [5.74, 6) is 1.19. The lowest BCUT2D eigenvalue weighted by molar-refractivity contribution is 0.0944. The molecule has 32 heavy (non-hydrogen) atoms. The molecule has 1 aliphatic heterocycles. The average Bonchev–Trinajstić information content (AvgIpc) is 3.27. The fraction of sp³-hybridized carbons (Fsp3) is 0.333. The number of allylic oxidation sites excluding steroid dienone is 2. The van der Waals surface area contributed by atoms with Gasteiger partial charge in [-0.25, -0.2) is 0 Å². The van der Waals surface area contributed by atoms with E-state index < -0.39 is 0 Å². The van der Waals surface area contributed by atoms with E-state index in [1.54, 1.807) is 43.5 Å². The van der Waals surface area contributed by atoms with E-state index in [2.05, 4.69) is 5.32 Å². The van der Waals surface area contributed by atoms with Crippen LogP contribution in [0.1, 0.15) is 33.6 Å². The molecule has 1 aliphatic carbocycles. The first-order chi connectivity index (χ1) is 15.7. The predicted molar refractivity (Wildman–Crippen MR) is 116 cm³/mol. The van der Waals surface area contributed by atoms with Crippen molar-refractivity contribution in [2.45, 2.75) is 12.8 Å². The van der Waals surface area contributed by atoms with Gasteiger partial charge in [-0.3, -0.25) is 9.59 Å². The van der Waals surface area contributed by atoms with Gasteiger partial charge in [0.25, 0.3) is 0 Å². The van der Waals surface area contributed by atoms with Crippen molar-refractivity contribution in [1.29, 1.82) is 0 Å². The number of ether oxygens (including phenoxy) is 5. The topological polar surface area (TPSA) is 92.3 Å². The van der Waals surface area contributed by atoms with Gasteiger partial charge in [0.1, 0.15) is 11.5 Å². The van der Waals surface area contributed by atoms with Gasteiger partial charge in [-0.05, 0) is 43.7 Å². The third-order valence-electron chi connectivity index (χ3n) is 5.06. The molecule has 0 saturated heterocycles. The van der Waals surface area contributed by atoms with E-state index >= 15 is 0 Å². The molecule has 4 rings (SSSR count). The summed E-state index contributed by atoms with van der Waals surface area (Å²) in [5.41, 5.74) is 0.542. The third-order valence-corrected chi connectivity index (χ3v) is 5.06. The van der Waals surface area contributed by atoms with E-state index in [-0.39, 0.29) is 35.2 Å². The fourth-order valence-corrected chi connectivity index (χ4v) is 3.46. The van der Waals surface area contributed by atoms with E-state index in [4.69, 9.17) is 23.7 Å². The molecule has 0 aromatic heterocycles. The minimum atomic E-state index is -0.370. The summed E-state index contributed by atoms with van der Waals surface area (Å²) >= 11 is 0. The summed E-state index contributed by atoms with van der Waals surface area (Å²) in [6.45, 7) is 2.94. The monoisotopic (exact) mass is 439 g/mol. The van der Waals surface area contributed by atoms with Gasteiger partial charge in [-0.2, -0.15) is 0 Å². The van der Waals surface area contributed by atoms with Gasteiger partial charge >= 0.3 is 0 Å². The van der Waals surface area contributed by atoms with Crippen LogP contribution in [-0.4, -0.2) is 51.8 Å². The first-order valence-corrected chi connectivity index (χ1v) is 10.5. The van der Waals surface area contributed by atoms with E-state index in [1.807, 2.05) is 0 Å². The van der Waals surface area contributed by atoms with E-state index in [9.17, 15) is 9.59 Å². The highest BCUT2D eigenvalue weighted by Crippen LogP contribution is 2.37. The molecule has 2 aromatic rings. The first kappa shape index (κ1) is 21.9. The van der Waals surface area contributed by atoms with Gasteiger partial charge in [0.15, 0.2) is 23.0 Å². The molecule has 0 spiro atoms. The van der Waals surface area contributed by atoms with Gasteiger partial charge in [0.2, 0.25) is 12.6 Å². The van der Waals surface area contributed by atoms with Crippen LogP contribution in [0.2, 0.25) is 0 Å². The number of rotatable bonds is 11. The smallest absolute Gasteiger partial charge is 0.231 e. The first-order valence-electron chi connectivity index (χ1n) is 10.5. The Labute approximate surface area is 186 Å². The highest BCUT2D eigenvalue weighted by Gasteiger charge is 2.30. The van der Waals surface area contributed by atoms with Crippen LogP contribution in [-0.2, 0) is 4.74 Å². The van der Waals surface area contributed by atoms with Crippen LogP contribution in [0.25, 0.3) is 0 Å².